The van der Waals surface area contributed by atoms with Crippen LogP contribution >= 0.6 is 0 Å². The Morgan fingerprint density at radius 3 is 2.58 bits per heavy atom. The van der Waals surface area contributed by atoms with Gasteiger partial charge in [-0.15, -0.1) is 0 Å². The number of carbonyl (C=O) groups excluding carboxylic acids is 1. The van der Waals surface area contributed by atoms with Crippen LogP contribution in [-0.2, 0) is 4.74 Å². The molecule has 19 heavy (non-hydrogen) atoms. The van der Waals surface area contributed by atoms with E-state index < -0.39 is 0 Å². The number of hydrogen-bond acceptors (Lipinski definition) is 5. The fourth-order valence-electron chi connectivity index (χ4n) is 1.87. The van der Waals surface area contributed by atoms with Crippen LogP contribution in [0.5, 0.6) is 0 Å². The van der Waals surface area contributed by atoms with Gasteiger partial charge in [-0.1, -0.05) is 13.8 Å². The smallest absolute Gasteiger partial charge is 0.339 e. The number of carbonyl (C=O) groups is 1. The largest absolute Gasteiger partial charge is 0.465 e. The predicted molar refractivity (Wildman–Crippen MR) is 76.6 cm³/mol. The Kier molecular flexibility index (Phi) is 6.29. The number of esters is 1. The standard InChI is InChI=1S/C14H23N3O2/c1-5-17(6-2)10-9-15-13-8-7-12(11(3)16-13)14(18)19-4/h7-8H,5-6,9-10H2,1-4H3,(H,15,16). The lowest BCUT2D eigenvalue weighted by atomic mass is 10.2. The Balaban J connectivity index is 2.57. The molecule has 0 radical (unpaired) electrons. The first kappa shape index (κ1) is 15.4. The summed E-state index contributed by atoms with van der Waals surface area (Å²) in [7, 11) is 1.37. The average molecular weight is 265 g/mol. The second-order valence-corrected chi connectivity index (χ2v) is 4.27. The lowest BCUT2D eigenvalue weighted by molar-refractivity contribution is 0.0599. The van der Waals surface area contributed by atoms with Crippen molar-refractivity contribution in [3.63, 3.8) is 0 Å². The Hall–Kier alpha value is -1.62. The number of aromatic nitrogens is 1. The van der Waals surface area contributed by atoms with Gasteiger partial charge in [-0.3, -0.25) is 0 Å². The average Bonchev–Trinajstić information content (AvgIpc) is 2.43. The Morgan fingerprint density at radius 1 is 1.37 bits per heavy atom. The molecule has 106 valence electrons. The van der Waals surface area contributed by atoms with Crippen molar-refractivity contribution >= 4 is 11.8 Å². The molecule has 0 spiro atoms. The van der Waals surface area contributed by atoms with Crippen LogP contribution in [0.4, 0.5) is 5.82 Å². The summed E-state index contributed by atoms with van der Waals surface area (Å²) in [6.45, 7) is 10.0. The van der Waals surface area contributed by atoms with Crippen molar-refractivity contribution in [2.45, 2.75) is 20.8 Å². The van der Waals surface area contributed by atoms with Gasteiger partial charge in [0.05, 0.1) is 18.4 Å². The zero-order valence-electron chi connectivity index (χ0n) is 12.2. The van der Waals surface area contributed by atoms with Gasteiger partial charge in [0, 0.05) is 13.1 Å². The summed E-state index contributed by atoms with van der Waals surface area (Å²) in [4.78, 5) is 18.1. The molecule has 1 N–H and O–H groups in total. The number of pyridine rings is 1. The molecular formula is C14H23N3O2. The molecule has 0 aromatic carbocycles. The fraction of sp³-hybridized carbons (Fsp3) is 0.571. The molecule has 0 atom stereocenters. The highest BCUT2D eigenvalue weighted by molar-refractivity contribution is 5.90. The van der Waals surface area contributed by atoms with Gasteiger partial charge in [0.2, 0.25) is 0 Å². The highest BCUT2D eigenvalue weighted by Gasteiger charge is 2.10. The molecule has 0 unspecified atom stereocenters. The molecule has 0 amide bonds. The van der Waals surface area contributed by atoms with E-state index >= 15 is 0 Å². The summed E-state index contributed by atoms with van der Waals surface area (Å²) < 4.78 is 4.69. The van der Waals surface area contributed by atoms with Crippen molar-refractivity contribution < 1.29 is 9.53 Å². The molecule has 0 fully saturated rings. The molecule has 0 saturated heterocycles. The number of nitrogens with one attached hydrogen (secondary N) is 1. The maximum atomic E-state index is 11.4. The Labute approximate surface area is 115 Å². The van der Waals surface area contributed by atoms with Crippen molar-refractivity contribution in [2.75, 3.05) is 38.6 Å². The first-order chi connectivity index (χ1) is 9.12. The second-order valence-electron chi connectivity index (χ2n) is 4.27. The lowest BCUT2D eigenvalue weighted by Gasteiger charge is -2.18. The highest BCUT2D eigenvalue weighted by Crippen LogP contribution is 2.11. The van der Waals surface area contributed by atoms with Gasteiger partial charge < -0.3 is 15.0 Å². The molecule has 0 bridgehead atoms. The van der Waals surface area contributed by atoms with Gasteiger partial charge in [0.1, 0.15) is 5.82 Å². The topological polar surface area (TPSA) is 54.5 Å². The third-order valence-corrected chi connectivity index (χ3v) is 3.12. The first-order valence-electron chi connectivity index (χ1n) is 6.64. The zero-order chi connectivity index (χ0) is 14.3. The van der Waals surface area contributed by atoms with Gasteiger partial charge in [0.25, 0.3) is 0 Å². The van der Waals surface area contributed by atoms with Crippen LogP contribution in [0.15, 0.2) is 12.1 Å². The van der Waals surface area contributed by atoms with E-state index in [0.717, 1.165) is 32.0 Å². The van der Waals surface area contributed by atoms with Gasteiger partial charge in [-0.05, 0) is 32.1 Å². The number of hydrogen-bond donors (Lipinski definition) is 1. The van der Waals surface area contributed by atoms with E-state index in [1.807, 2.05) is 13.0 Å². The third kappa shape index (κ3) is 4.52. The first-order valence-corrected chi connectivity index (χ1v) is 6.64. The maximum Gasteiger partial charge on any atom is 0.339 e. The summed E-state index contributed by atoms with van der Waals surface area (Å²) in [5.41, 5.74) is 1.19. The van der Waals surface area contributed by atoms with Crippen LogP contribution in [0.1, 0.15) is 29.9 Å². The second kappa shape index (κ2) is 7.74. The highest BCUT2D eigenvalue weighted by atomic mass is 16.5. The molecule has 1 rings (SSSR count). The Morgan fingerprint density at radius 2 is 2.05 bits per heavy atom. The monoisotopic (exact) mass is 265 g/mol. The van der Waals surface area contributed by atoms with E-state index in [0.29, 0.717) is 11.3 Å². The summed E-state index contributed by atoms with van der Waals surface area (Å²) in [6.07, 6.45) is 0. The molecule has 0 saturated carbocycles. The van der Waals surface area contributed by atoms with Gasteiger partial charge in [-0.2, -0.15) is 0 Å². The van der Waals surface area contributed by atoms with Crippen LogP contribution in [0.3, 0.4) is 0 Å². The number of nitrogens with zero attached hydrogens (tertiary/aromatic N) is 2. The molecule has 1 aromatic heterocycles. The minimum atomic E-state index is -0.348. The Bertz CT molecular complexity index is 417. The van der Waals surface area contributed by atoms with Crippen LogP contribution in [-0.4, -0.2) is 49.1 Å². The number of likely N-dealkylation sites (N-methyl/N-ethyl adjacent to an activating group) is 1. The van der Waals surface area contributed by atoms with Crippen LogP contribution in [0.2, 0.25) is 0 Å². The summed E-state index contributed by atoms with van der Waals surface area (Å²) >= 11 is 0. The van der Waals surface area contributed by atoms with E-state index in [1.54, 1.807) is 6.07 Å². The van der Waals surface area contributed by atoms with Crippen LogP contribution in [0, 0.1) is 6.92 Å². The fourth-order valence-corrected chi connectivity index (χ4v) is 1.87. The number of aryl methyl sites for hydroxylation is 1. The molecule has 1 heterocycles. The van der Waals surface area contributed by atoms with Crippen molar-refractivity contribution in [1.82, 2.24) is 9.88 Å². The van der Waals surface area contributed by atoms with Gasteiger partial charge >= 0.3 is 5.97 Å². The van der Waals surface area contributed by atoms with Gasteiger partial charge in [-0.25, -0.2) is 9.78 Å². The number of ether oxygens (including phenoxy) is 1. The quantitative estimate of drug-likeness (QED) is 0.763. The SMILES string of the molecule is CCN(CC)CCNc1ccc(C(=O)OC)c(C)n1. The lowest BCUT2D eigenvalue weighted by Crippen LogP contribution is -2.28. The van der Waals surface area contributed by atoms with E-state index in [4.69, 9.17) is 4.74 Å². The van der Waals surface area contributed by atoms with E-state index in [1.165, 1.54) is 7.11 Å². The van der Waals surface area contributed by atoms with Gasteiger partial charge in [0.15, 0.2) is 0 Å². The van der Waals surface area contributed by atoms with E-state index in [-0.39, 0.29) is 5.97 Å². The molecular weight excluding hydrogens is 242 g/mol. The number of rotatable bonds is 7. The number of anilines is 1. The minimum Gasteiger partial charge on any atom is -0.465 e. The molecule has 0 aliphatic heterocycles. The molecule has 5 heteroatoms. The normalized spacial score (nSPS) is 10.6. The maximum absolute atomic E-state index is 11.4. The predicted octanol–water partition coefficient (Wildman–Crippen LogP) is 1.93. The van der Waals surface area contributed by atoms with Crippen LogP contribution in [0.25, 0.3) is 0 Å². The molecule has 1 aromatic rings. The zero-order valence-corrected chi connectivity index (χ0v) is 12.2. The molecule has 0 aliphatic rings. The molecule has 0 aliphatic carbocycles. The van der Waals surface area contributed by atoms with Crippen molar-refractivity contribution in [3.05, 3.63) is 23.4 Å². The number of methoxy groups -OCH3 is 1. The van der Waals surface area contributed by atoms with Crippen molar-refractivity contribution in [3.8, 4) is 0 Å². The molecule has 5 nitrogen and oxygen atoms in total. The van der Waals surface area contributed by atoms with Crippen molar-refractivity contribution in [2.24, 2.45) is 0 Å². The van der Waals surface area contributed by atoms with Crippen LogP contribution < -0.4 is 5.32 Å². The minimum absolute atomic E-state index is 0.348. The summed E-state index contributed by atoms with van der Waals surface area (Å²) in [6, 6.07) is 3.55. The van der Waals surface area contributed by atoms with Crippen molar-refractivity contribution in [1.29, 1.82) is 0 Å². The summed E-state index contributed by atoms with van der Waals surface area (Å²) in [5.74, 6) is 0.442. The van der Waals surface area contributed by atoms with E-state index in [2.05, 4.69) is 29.0 Å². The summed E-state index contributed by atoms with van der Waals surface area (Å²) in [5, 5.41) is 3.26. The third-order valence-electron chi connectivity index (χ3n) is 3.12. The van der Waals surface area contributed by atoms with E-state index in [9.17, 15) is 4.79 Å².